The second kappa shape index (κ2) is 2.60. The molecule has 0 saturated carbocycles. The number of alkyl halides is 3. The van der Waals surface area contributed by atoms with Gasteiger partial charge in [-0.15, -0.1) is 0 Å². The van der Waals surface area contributed by atoms with E-state index < -0.39 is 17.9 Å². The number of halogens is 3. The third kappa shape index (κ3) is 2.65. The van der Waals surface area contributed by atoms with Gasteiger partial charge in [-0.25, -0.2) is 4.79 Å². The van der Waals surface area contributed by atoms with Crippen molar-refractivity contribution in [2.75, 3.05) is 0 Å². The van der Waals surface area contributed by atoms with Crippen LogP contribution < -0.4 is 0 Å². The smallest absolute Gasteiger partial charge is 0.450 e. The minimum Gasteiger partial charge on any atom is -0.450 e. The fourth-order valence-corrected chi connectivity index (χ4v) is 0.276. The number of hydrogen-bond donors (Lipinski definition) is 1. The summed E-state index contributed by atoms with van der Waals surface area (Å²) in [5.41, 5.74) is -2.64. The fraction of sp³-hybridized carbons (Fsp3) is 0.800. The molecule has 3 nitrogen and oxygen atoms in total. The summed E-state index contributed by atoms with van der Waals surface area (Å²) in [5.74, 6) is 0. The Labute approximate surface area is 60.8 Å². The van der Waals surface area contributed by atoms with Crippen molar-refractivity contribution < 1.29 is 27.8 Å². The van der Waals surface area contributed by atoms with Gasteiger partial charge in [0.15, 0.2) is 0 Å². The average Bonchev–Trinajstić information content (AvgIpc) is 1.56. The first-order valence-corrected chi connectivity index (χ1v) is 2.65. The molecule has 0 aliphatic carbocycles. The van der Waals surface area contributed by atoms with Gasteiger partial charge in [0, 0.05) is 0 Å². The summed E-state index contributed by atoms with van der Waals surface area (Å²) in [6.07, 6.45) is -6.61. The zero-order valence-corrected chi connectivity index (χ0v) is 5.90. The molecule has 0 heterocycles. The summed E-state index contributed by atoms with van der Waals surface area (Å²) in [4.78, 5) is 9.74. The highest BCUT2D eigenvalue weighted by molar-refractivity contribution is 5.57. The maximum atomic E-state index is 11.8. The van der Waals surface area contributed by atoms with E-state index in [4.69, 9.17) is 5.11 Å². The Morgan fingerprint density at radius 1 is 1.36 bits per heavy atom. The van der Waals surface area contributed by atoms with Crippen LogP contribution in [0.1, 0.15) is 13.8 Å². The van der Waals surface area contributed by atoms with Gasteiger partial charge in [0.2, 0.25) is 5.60 Å². The van der Waals surface area contributed by atoms with Crippen LogP contribution in [-0.4, -0.2) is 23.0 Å². The zero-order chi connectivity index (χ0) is 9.28. The Kier molecular flexibility index (Phi) is 2.37. The topological polar surface area (TPSA) is 46.5 Å². The second-order valence-electron chi connectivity index (χ2n) is 2.38. The molecule has 0 atom stereocenters. The van der Waals surface area contributed by atoms with Gasteiger partial charge in [-0.1, -0.05) is 0 Å². The van der Waals surface area contributed by atoms with E-state index in [1.807, 2.05) is 0 Å². The molecule has 0 bridgehead atoms. The van der Waals surface area contributed by atoms with E-state index in [1.165, 1.54) is 0 Å². The number of hydrogen-bond acceptors (Lipinski definition) is 2. The summed E-state index contributed by atoms with van der Waals surface area (Å²) in [7, 11) is 0. The second-order valence-corrected chi connectivity index (χ2v) is 2.38. The van der Waals surface area contributed by atoms with Crippen LogP contribution >= 0.6 is 0 Å². The summed E-state index contributed by atoms with van der Waals surface area (Å²) in [6, 6.07) is 0. The van der Waals surface area contributed by atoms with E-state index >= 15 is 0 Å². The van der Waals surface area contributed by atoms with Crippen molar-refractivity contribution in [1.82, 2.24) is 0 Å². The lowest BCUT2D eigenvalue weighted by atomic mass is 10.1. The van der Waals surface area contributed by atoms with Crippen LogP contribution in [0, 0.1) is 0 Å². The lowest BCUT2D eigenvalue weighted by Crippen LogP contribution is -2.43. The Bertz CT molecular complexity index is 161. The van der Waals surface area contributed by atoms with Crippen LogP contribution in [0.4, 0.5) is 18.0 Å². The molecular weight excluding hydrogens is 165 g/mol. The van der Waals surface area contributed by atoms with Crippen LogP contribution in [0.2, 0.25) is 0 Å². The maximum absolute atomic E-state index is 11.8. The average molecular weight is 172 g/mol. The summed E-state index contributed by atoms with van der Waals surface area (Å²) < 4.78 is 39.0. The van der Waals surface area contributed by atoms with Gasteiger partial charge in [-0.2, -0.15) is 13.2 Å². The highest BCUT2D eigenvalue weighted by atomic mass is 19.4. The molecule has 11 heavy (non-hydrogen) atoms. The Balaban J connectivity index is 4.34. The highest BCUT2D eigenvalue weighted by Gasteiger charge is 2.50. The van der Waals surface area contributed by atoms with Gasteiger partial charge in [0.25, 0.3) is 0 Å². The Morgan fingerprint density at radius 3 is 1.82 bits per heavy atom. The molecule has 0 unspecified atom stereocenters. The van der Waals surface area contributed by atoms with E-state index in [2.05, 4.69) is 4.74 Å². The Morgan fingerprint density at radius 2 is 1.73 bits per heavy atom. The number of rotatable bonds is 1. The van der Waals surface area contributed by atoms with Crippen LogP contribution in [0.15, 0.2) is 0 Å². The molecule has 6 heteroatoms. The van der Waals surface area contributed by atoms with Crippen LogP contribution in [0.3, 0.4) is 0 Å². The lowest BCUT2D eigenvalue weighted by Gasteiger charge is -2.25. The van der Waals surface area contributed by atoms with Gasteiger partial charge < -0.3 is 9.84 Å². The normalized spacial score (nSPS) is 12.8. The number of carbonyl (C=O) groups is 1. The van der Waals surface area contributed by atoms with Gasteiger partial charge in [-0.05, 0) is 13.8 Å². The first-order chi connectivity index (χ1) is 4.67. The molecule has 0 fully saturated rings. The number of ether oxygens (including phenoxy) is 1. The zero-order valence-electron chi connectivity index (χ0n) is 5.90. The quantitative estimate of drug-likeness (QED) is 0.615. The summed E-state index contributed by atoms with van der Waals surface area (Å²) in [6.45, 7) is 1.28. The lowest BCUT2D eigenvalue weighted by molar-refractivity contribution is -0.248. The largest absolute Gasteiger partial charge is 0.506 e. The van der Waals surface area contributed by atoms with Crippen molar-refractivity contribution in [2.24, 2.45) is 0 Å². The van der Waals surface area contributed by atoms with Crippen LogP contribution in [0.25, 0.3) is 0 Å². The standard InChI is InChI=1S/C5H7F3O3/c1-4(2,5(6,7)8)11-3(9)10/h1-2H3,(H,9,10). The molecule has 0 aromatic carbocycles. The molecule has 0 amide bonds. The minimum atomic E-state index is -4.68. The van der Waals surface area contributed by atoms with Crippen molar-refractivity contribution in [3.05, 3.63) is 0 Å². The molecule has 0 aliphatic heterocycles. The van der Waals surface area contributed by atoms with E-state index in [0.29, 0.717) is 13.8 Å². The van der Waals surface area contributed by atoms with E-state index in [9.17, 15) is 18.0 Å². The highest BCUT2D eigenvalue weighted by Crippen LogP contribution is 2.32. The number of carboxylic acid groups (broad SMARTS) is 1. The monoisotopic (exact) mass is 172 g/mol. The molecular formula is C5H7F3O3. The van der Waals surface area contributed by atoms with Crippen molar-refractivity contribution in [3.8, 4) is 0 Å². The Hall–Kier alpha value is -0.940. The predicted molar refractivity (Wildman–Crippen MR) is 29.2 cm³/mol. The van der Waals surface area contributed by atoms with Crippen molar-refractivity contribution in [2.45, 2.75) is 25.6 Å². The van der Waals surface area contributed by atoms with Crippen molar-refractivity contribution in [1.29, 1.82) is 0 Å². The van der Waals surface area contributed by atoms with Gasteiger partial charge in [-0.3, -0.25) is 0 Å². The molecule has 66 valence electrons. The summed E-state index contributed by atoms with van der Waals surface area (Å²) >= 11 is 0. The predicted octanol–water partition coefficient (Wildman–Crippen LogP) is 2.02. The minimum absolute atomic E-state index is 0.640. The van der Waals surface area contributed by atoms with Crippen LogP contribution in [-0.2, 0) is 4.74 Å². The van der Waals surface area contributed by atoms with E-state index in [0.717, 1.165) is 0 Å². The molecule has 0 spiro atoms. The van der Waals surface area contributed by atoms with Crippen molar-refractivity contribution >= 4 is 6.16 Å². The molecule has 1 N–H and O–H groups in total. The van der Waals surface area contributed by atoms with Crippen molar-refractivity contribution in [3.63, 3.8) is 0 Å². The van der Waals surface area contributed by atoms with E-state index in [-0.39, 0.29) is 0 Å². The van der Waals surface area contributed by atoms with Crippen LogP contribution in [0.5, 0.6) is 0 Å². The van der Waals surface area contributed by atoms with Gasteiger partial charge >= 0.3 is 12.3 Å². The molecule has 0 aromatic heterocycles. The molecule has 0 aliphatic rings. The maximum Gasteiger partial charge on any atom is 0.506 e. The first kappa shape index (κ1) is 10.1. The SMILES string of the molecule is CC(C)(OC(=O)O)C(F)(F)F. The molecule has 0 aromatic rings. The molecule has 0 saturated heterocycles. The molecule has 0 rings (SSSR count). The van der Waals surface area contributed by atoms with Gasteiger partial charge in [0.1, 0.15) is 0 Å². The molecule has 0 radical (unpaired) electrons. The first-order valence-electron chi connectivity index (χ1n) is 2.65. The third-order valence-electron chi connectivity index (χ3n) is 1.03. The fourth-order valence-electron chi connectivity index (χ4n) is 0.276. The van der Waals surface area contributed by atoms with Gasteiger partial charge in [0.05, 0.1) is 0 Å². The summed E-state index contributed by atoms with van der Waals surface area (Å²) in [5, 5.41) is 7.89. The van der Waals surface area contributed by atoms with E-state index in [1.54, 1.807) is 0 Å². The third-order valence-corrected chi connectivity index (χ3v) is 1.03.